The van der Waals surface area contributed by atoms with Crippen molar-refractivity contribution in [1.82, 2.24) is 10.2 Å². The number of aliphatic hydroxyl groups excluding tert-OH is 1. The highest BCUT2D eigenvalue weighted by molar-refractivity contribution is 5.74. The predicted molar refractivity (Wildman–Crippen MR) is 89.0 cm³/mol. The lowest BCUT2D eigenvalue weighted by atomic mass is 9.94. The number of carbonyl (C=O) groups is 1. The van der Waals surface area contributed by atoms with Gasteiger partial charge in [0.2, 0.25) is 0 Å². The van der Waals surface area contributed by atoms with E-state index in [1.165, 1.54) is 16.7 Å². The van der Waals surface area contributed by atoms with Gasteiger partial charge in [-0.05, 0) is 45.6 Å². The third-order valence-electron chi connectivity index (χ3n) is 4.40. The molecule has 22 heavy (non-hydrogen) atoms. The van der Waals surface area contributed by atoms with Gasteiger partial charge in [-0.15, -0.1) is 0 Å². The van der Waals surface area contributed by atoms with Crippen LogP contribution in [0.4, 0.5) is 4.79 Å². The molecule has 1 fully saturated rings. The zero-order valence-electron chi connectivity index (χ0n) is 13.9. The predicted octanol–water partition coefficient (Wildman–Crippen LogP) is 2.65. The van der Waals surface area contributed by atoms with Crippen LogP contribution in [0.15, 0.2) is 18.2 Å². The number of aryl methyl sites for hydroxylation is 2. The number of nitrogens with zero attached hydrogens (tertiary/aromatic N) is 1. The summed E-state index contributed by atoms with van der Waals surface area (Å²) in [7, 11) is 0. The zero-order valence-corrected chi connectivity index (χ0v) is 13.9. The summed E-state index contributed by atoms with van der Waals surface area (Å²) >= 11 is 0. The van der Waals surface area contributed by atoms with Gasteiger partial charge >= 0.3 is 6.03 Å². The van der Waals surface area contributed by atoms with Gasteiger partial charge in [0, 0.05) is 25.6 Å². The van der Waals surface area contributed by atoms with Gasteiger partial charge in [-0.2, -0.15) is 0 Å². The lowest BCUT2D eigenvalue weighted by molar-refractivity contribution is 0.0740. The summed E-state index contributed by atoms with van der Waals surface area (Å²) in [6.45, 7) is 8.10. The zero-order chi connectivity index (χ0) is 16.1. The van der Waals surface area contributed by atoms with E-state index in [1.54, 1.807) is 0 Å². The molecule has 1 heterocycles. The van der Waals surface area contributed by atoms with E-state index in [0.717, 1.165) is 25.8 Å². The van der Waals surface area contributed by atoms with E-state index in [-0.39, 0.29) is 18.1 Å². The molecule has 2 rings (SSSR count). The molecule has 2 amide bonds. The quantitative estimate of drug-likeness (QED) is 0.898. The number of hydrogen-bond acceptors (Lipinski definition) is 2. The molecule has 1 aliphatic heterocycles. The normalized spacial score (nSPS) is 19.8. The van der Waals surface area contributed by atoms with E-state index in [1.807, 2.05) is 11.8 Å². The maximum absolute atomic E-state index is 12.2. The van der Waals surface area contributed by atoms with E-state index in [4.69, 9.17) is 0 Å². The lowest BCUT2D eigenvalue weighted by Crippen LogP contribution is -2.47. The van der Waals surface area contributed by atoms with Gasteiger partial charge < -0.3 is 15.3 Å². The number of likely N-dealkylation sites (tertiary alicyclic amines) is 1. The summed E-state index contributed by atoms with van der Waals surface area (Å²) in [5.74, 6) is 0.207. The minimum Gasteiger partial charge on any atom is -0.393 e. The fourth-order valence-corrected chi connectivity index (χ4v) is 3.23. The second-order valence-electron chi connectivity index (χ2n) is 6.57. The maximum Gasteiger partial charge on any atom is 0.317 e. The number of rotatable bonds is 4. The van der Waals surface area contributed by atoms with Crippen molar-refractivity contribution in [2.45, 2.75) is 46.1 Å². The fraction of sp³-hybridized carbons (Fsp3) is 0.611. The van der Waals surface area contributed by atoms with E-state index < -0.39 is 0 Å². The minimum absolute atomic E-state index is 0.00488. The summed E-state index contributed by atoms with van der Waals surface area (Å²) in [5, 5.41) is 12.7. The monoisotopic (exact) mass is 304 g/mol. The minimum atomic E-state index is -0.342. The summed E-state index contributed by atoms with van der Waals surface area (Å²) in [6, 6.07) is 6.49. The SMILES string of the molecule is Cc1cc(C)cc(CCNC(=O)N2CCCC(C(C)O)C2)c1. The lowest BCUT2D eigenvalue weighted by Gasteiger charge is -2.34. The van der Waals surface area contributed by atoms with Crippen LogP contribution in [0.1, 0.15) is 36.5 Å². The number of piperidine rings is 1. The van der Waals surface area contributed by atoms with Crippen molar-refractivity contribution in [1.29, 1.82) is 0 Å². The Kier molecular flexibility index (Phi) is 5.83. The van der Waals surface area contributed by atoms with Crippen LogP contribution >= 0.6 is 0 Å². The maximum atomic E-state index is 12.2. The molecule has 1 aromatic carbocycles. The molecule has 2 atom stereocenters. The van der Waals surface area contributed by atoms with Gasteiger partial charge in [0.1, 0.15) is 0 Å². The van der Waals surface area contributed by atoms with Gasteiger partial charge in [-0.3, -0.25) is 0 Å². The molecule has 4 nitrogen and oxygen atoms in total. The Hall–Kier alpha value is -1.55. The van der Waals surface area contributed by atoms with E-state index in [0.29, 0.717) is 13.1 Å². The largest absolute Gasteiger partial charge is 0.393 e. The van der Waals surface area contributed by atoms with Gasteiger partial charge in [-0.1, -0.05) is 29.3 Å². The Labute approximate surface area is 133 Å². The van der Waals surface area contributed by atoms with Crippen LogP contribution in [0.5, 0.6) is 0 Å². The van der Waals surface area contributed by atoms with Crippen LogP contribution in [0.2, 0.25) is 0 Å². The highest BCUT2D eigenvalue weighted by Gasteiger charge is 2.26. The number of aliphatic hydroxyl groups is 1. The van der Waals surface area contributed by atoms with E-state index in [2.05, 4.69) is 37.4 Å². The molecule has 2 unspecified atom stereocenters. The first-order chi connectivity index (χ1) is 10.5. The van der Waals surface area contributed by atoms with Crippen LogP contribution in [-0.4, -0.2) is 41.8 Å². The molecule has 1 aliphatic rings. The standard InChI is InChI=1S/C18H28N2O2/c1-13-9-14(2)11-16(10-13)6-7-19-18(22)20-8-4-5-17(12-20)15(3)21/h9-11,15,17,21H,4-8,12H2,1-3H3,(H,19,22). The number of amides is 2. The number of benzene rings is 1. The van der Waals surface area contributed by atoms with Crippen molar-refractivity contribution < 1.29 is 9.90 Å². The Morgan fingerprint density at radius 1 is 1.36 bits per heavy atom. The Bertz CT molecular complexity index is 494. The Morgan fingerprint density at radius 2 is 2.05 bits per heavy atom. The molecular weight excluding hydrogens is 276 g/mol. The van der Waals surface area contributed by atoms with Gasteiger partial charge in [0.25, 0.3) is 0 Å². The van der Waals surface area contributed by atoms with Crippen molar-refractivity contribution >= 4 is 6.03 Å². The van der Waals surface area contributed by atoms with Crippen LogP contribution in [0, 0.1) is 19.8 Å². The molecule has 0 radical (unpaired) electrons. The van der Waals surface area contributed by atoms with Crippen molar-refractivity contribution in [3.63, 3.8) is 0 Å². The molecule has 0 spiro atoms. The van der Waals surface area contributed by atoms with Crippen molar-refractivity contribution in [2.75, 3.05) is 19.6 Å². The molecule has 0 aliphatic carbocycles. The van der Waals surface area contributed by atoms with Gasteiger partial charge in [-0.25, -0.2) is 4.79 Å². The number of carbonyl (C=O) groups excluding carboxylic acids is 1. The highest BCUT2D eigenvalue weighted by atomic mass is 16.3. The molecular formula is C18H28N2O2. The summed E-state index contributed by atoms with van der Waals surface area (Å²) in [4.78, 5) is 14.1. The molecule has 0 aromatic heterocycles. The Morgan fingerprint density at radius 3 is 2.68 bits per heavy atom. The number of nitrogens with one attached hydrogen (secondary N) is 1. The molecule has 4 heteroatoms. The molecule has 0 saturated carbocycles. The van der Waals surface area contributed by atoms with Crippen molar-refractivity contribution in [3.05, 3.63) is 34.9 Å². The van der Waals surface area contributed by atoms with E-state index in [9.17, 15) is 9.90 Å². The van der Waals surface area contributed by atoms with Crippen molar-refractivity contribution in [2.24, 2.45) is 5.92 Å². The van der Waals surface area contributed by atoms with Crippen LogP contribution < -0.4 is 5.32 Å². The van der Waals surface area contributed by atoms with Gasteiger partial charge in [0.15, 0.2) is 0 Å². The van der Waals surface area contributed by atoms with E-state index >= 15 is 0 Å². The smallest absolute Gasteiger partial charge is 0.317 e. The first kappa shape index (κ1) is 16.8. The second kappa shape index (κ2) is 7.63. The second-order valence-corrected chi connectivity index (χ2v) is 6.57. The third kappa shape index (κ3) is 4.73. The number of urea groups is 1. The Balaban J connectivity index is 1.80. The van der Waals surface area contributed by atoms with Crippen LogP contribution in [0.3, 0.4) is 0 Å². The average molecular weight is 304 g/mol. The third-order valence-corrected chi connectivity index (χ3v) is 4.40. The first-order valence-corrected chi connectivity index (χ1v) is 8.23. The summed E-state index contributed by atoms with van der Waals surface area (Å²) < 4.78 is 0. The average Bonchev–Trinajstić information content (AvgIpc) is 2.46. The van der Waals surface area contributed by atoms with Gasteiger partial charge in [0.05, 0.1) is 6.10 Å². The summed E-state index contributed by atoms with van der Waals surface area (Å²) in [5.41, 5.74) is 3.78. The molecule has 1 aromatic rings. The van der Waals surface area contributed by atoms with Crippen LogP contribution in [-0.2, 0) is 6.42 Å². The molecule has 0 bridgehead atoms. The number of hydrogen-bond donors (Lipinski definition) is 2. The highest BCUT2D eigenvalue weighted by Crippen LogP contribution is 2.19. The fourth-order valence-electron chi connectivity index (χ4n) is 3.23. The van der Waals surface area contributed by atoms with Crippen LogP contribution in [0.25, 0.3) is 0 Å². The summed E-state index contributed by atoms with van der Waals surface area (Å²) in [6.07, 6.45) is 2.48. The molecule has 122 valence electrons. The molecule has 1 saturated heterocycles. The first-order valence-electron chi connectivity index (χ1n) is 8.23. The topological polar surface area (TPSA) is 52.6 Å². The molecule has 2 N–H and O–H groups in total. The van der Waals surface area contributed by atoms with Crippen molar-refractivity contribution in [3.8, 4) is 0 Å².